The standard InChI is InChI=1S/C21H27N3O2.ClH/c1-17(25)23-20(19-10-6-3-7-11-19)16-21(26)24(15-13-22)14-12-18-8-4-2-5-9-18;/h2-11,20H,12-16,22H2,1H3,(H,23,25);1H. The molecule has 0 aromatic heterocycles. The summed E-state index contributed by atoms with van der Waals surface area (Å²) in [5.74, 6) is -0.157. The van der Waals surface area contributed by atoms with Crippen LogP contribution in [0.1, 0.15) is 30.5 Å². The summed E-state index contributed by atoms with van der Waals surface area (Å²) in [7, 11) is 0. The fourth-order valence-electron chi connectivity index (χ4n) is 2.91. The molecule has 0 aliphatic rings. The summed E-state index contributed by atoms with van der Waals surface area (Å²) in [5.41, 5.74) is 7.80. The minimum atomic E-state index is -0.335. The molecular formula is C21H28ClN3O2. The van der Waals surface area contributed by atoms with Gasteiger partial charge in [0.05, 0.1) is 12.5 Å². The minimum Gasteiger partial charge on any atom is -0.349 e. The fourth-order valence-corrected chi connectivity index (χ4v) is 2.91. The lowest BCUT2D eigenvalue weighted by Gasteiger charge is -2.25. The maximum atomic E-state index is 12.8. The fraction of sp³-hybridized carbons (Fsp3) is 0.333. The molecule has 0 aliphatic heterocycles. The smallest absolute Gasteiger partial charge is 0.225 e. The zero-order valence-corrected chi connectivity index (χ0v) is 16.5. The second-order valence-corrected chi connectivity index (χ2v) is 6.27. The topological polar surface area (TPSA) is 75.4 Å². The molecule has 0 saturated heterocycles. The SMILES string of the molecule is CC(=O)NC(CC(=O)N(CCN)CCc1ccccc1)c1ccccc1.Cl. The molecule has 27 heavy (non-hydrogen) atoms. The van der Waals surface area contributed by atoms with E-state index < -0.39 is 0 Å². The average Bonchev–Trinajstić information content (AvgIpc) is 2.65. The second kappa shape index (κ2) is 12.1. The molecule has 0 spiro atoms. The number of nitrogens with two attached hydrogens (primary N) is 1. The van der Waals surface area contributed by atoms with E-state index in [1.165, 1.54) is 12.5 Å². The highest BCUT2D eigenvalue weighted by Gasteiger charge is 2.21. The van der Waals surface area contributed by atoms with Gasteiger partial charge in [0.2, 0.25) is 11.8 Å². The van der Waals surface area contributed by atoms with E-state index >= 15 is 0 Å². The first kappa shape index (κ1) is 22.7. The molecule has 2 amide bonds. The second-order valence-electron chi connectivity index (χ2n) is 6.27. The van der Waals surface area contributed by atoms with Gasteiger partial charge in [-0.05, 0) is 17.5 Å². The van der Waals surface area contributed by atoms with E-state index in [1.807, 2.05) is 48.5 Å². The number of benzene rings is 2. The highest BCUT2D eigenvalue weighted by atomic mass is 35.5. The van der Waals surface area contributed by atoms with Gasteiger partial charge in [-0.25, -0.2) is 0 Å². The Labute approximate surface area is 167 Å². The third kappa shape index (κ3) is 7.81. The summed E-state index contributed by atoms with van der Waals surface area (Å²) in [5, 5.41) is 2.88. The van der Waals surface area contributed by atoms with E-state index in [0.717, 1.165) is 12.0 Å². The van der Waals surface area contributed by atoms with Gasteiger partial charge in [0.15, 0.2) is 0 Å². The molecule has 0 fully saturated rings. The molecule has 0 bridgehead atoms. The molecule has 1 unspecified atom stereocenters. The highest BCUT2D eigenvalue weighted by Crippen LogP contribution is 2.18. The number of nitrogens with one attached hydrogen (secondary N) is 1. The maximum absolute atomic E-state index is 12.8. The van der Waals surface area contributed by atoms with Crippen molar-refractivity contribution in [1.29, 1.82) is 0 Å². The summed E-state index contributed by atoms with van der Waals surface area (Å²) in [4.78, 5) is 26.2. The van der Waals surface area contributed by atoms with E-state index in [1.54, 1.807) is 4.90 Å². The third-order valence-electron chi connectivity index (χ3n) is 4.22. The van der Waals surface area contributed by atoms with Crippen molar-refractivity contribution in [2.24, 2.45) is 5.73 Å². The Balaban J connectivity index is 0.00000364. The predicted octanol–water partition coefficient (Wildman–Crippen LogP) is 2.71. The molecule has 146 valence electrons. The lowest BCUT2D eigenvalue weighted by molar-refractivity contribution is -0.132. The Kier molecular flexibility index (Phi) is 10.2. The summed E-state index contributed by atoms with van der Waals surface area (Å²) in [6.45, 7) is 3.00. The van der Waals surface area contributed by atoms with Gasteiger partial charge >= 0.3 is 0 Å². The van der Waals surface area contributed by atoms with Crippen molar-refractivity contribution < 1.29 is 9.59 Å². The monoisotopic (exact) mass is 389 g/mol. The molecule has 2 rings (SSSR count). The minimum absolute atomic E-state index is 0. The zero-order chi connectivity index (χ0) is 18.8. The third-order valence-corrected chi connectivity index (χ3v) is 4.22. The molecule has 5 nitrogen and oxygen atoms in total. The molecule has 2 aromatic rings. The van der Waals surface area contributed by atoms with Crippen LogP contribution >= 0.6 is 12.4 Å². The van der Waals surface area contributed by atoms with Crippen molar-refractivity contribution >= 4 is 24.2 Å². The van der Waals surface area contributed by atoms with Gasteiger partial charge in [-0.15, -0.1) is 12.4 Å². The molecule has 3 N–H and O–H groups in total. The van der Waals surface area contributed by atoms with Gasteiger partial charge in [-0.3, -0.25) is 9.59 Å². The Hall–Kier alpha value is -2.37. The highest BCUT2D eigenvalue weighted by molar-refractivity contribution is 5.85. The summed E-state index contributed by atoms with van der Waals surface area (Å²) >= 11 is 0. The molecular weight excluding hydrogens is 362 g/mol. The first-order chi connectivity index (χ1) is 12.6. The van der Waals surface area contributed by atoms with Crippen LogP contribution < -0.4 is 11.1 Å². The lowest BCUT2D eigenvalue weighted by atomic mass is 10.0. The van der Waals surface area contributed by atoms with Crippen molar-refractivity contribution in [2.75, 3.05) is 19.6 Å². The lowest BCUT2D eigenvalue weighted by Crippen LogP contribution is -2.39. The zero-order valence-electron chi connectivity index (χ0n) is 15.6. The van der Waals surface area contributed by atoms with Crippen LogP contribution in [0.25, 0.3) is 0 Å². The van der Waals surface area contributed by atoms with E-state index in [9.17, 15) is 9.59 Å². The number of nitrogens with zero attached hydrogens (tertiary/aromatic N) is 1. The van der Waals surface area contributed by atoms with Crippen LogP contribution in [0.5, 0.6) is 0 Å². The first-order valence-corrected chi connectivity index (χ1v) is 8.94. The number of amides is 2. The van der Waals surface area contributed by atoms with Crippen LogP contribution in [0.4, 0.5) is 0 Å². The van der Waals surface area contributed by atoms with E-state index in [4.69, 9.17) is 5.73 Å². The van der Waals surface area contributed by atoms with Crippen LogP contribution in [0.3, 0.4) is 0 Å². The number of hydrogen-bond donors (Lipinski definition) is 2. The number of carbonyl (C=O) groups excluding carboxylic acids is 2. The number of carbonyl (C=O) groups is 2. The van der Waals surface area contributed by atoms with Crippen LogP contribution in [-0.2, 0) is 16.0 Å². The van der Waals surface area contributed by atoms with Crippen molar-refractivity contribution in [2.45, 2.75) is 25.8 Å². The van der Waals surface area contributed by atoms with Gasteiger partial charge in [0.1, 0.15) is 0 Å². The van der Waals surface area contributed by atoms with Gasteiger partial charge < -0.3 is 16.0 Å². The Morgan fingerprint density at radius 2 is 1.59 bits per heavy atom. The van der Waals surface area contributed by atoms with E-state index in [0.29, 0.717) is 19.6 Å². The van der Waals surface area contributed by atoms with Crippen molar-refractivity contribution in [3.63, 3.8) is 0 Å². The van der Waals surface area contributed by atoms with Crippen molar-refractivity contribution in [3.8, 4) is 0 Å². The average molecular weight is 390 g/mol. The molecule has 0 aliphatic carbocycles. The van der Waals surface area contributed by atoms with E-state index in [2.05, 4.69) is 17.4 Å². The van der Waals surface area contributed by atoms with Gasteiger partial charge in [-0.2, -0.15) is 0 Å². The van der Waals surface area contributed by atoms with Crippen LogP contribution in [0, 0.1) is 0 Å². The number of rotatable bonds is 9. The maximum Gasteiger partial charge on any atom is 0.225 e. The Bertz CT molecular complexity index is 695. The quantitative estimate of drug-likeness (QED) is 0.692. The molecule has 0 radical (unpaired) electrons. The first-order valence-electron chi connectivity index (χ1n) is 8.94. The van der Waals surface area contributed by atoms with Gasteiger partial charge in [0, 0.05) is 26.6 Å². The molecule has 2 aromatic carbocycles. The Morgan fingerprint density at radius 1 is 1.00 bits per heavy atom. The largest absolute Gasteiger partial charge is 0.349 e. The summed E-state index contributed by atoms with van der Waals surface area (Å²) < 4.78 is 0. The van der Waals surface area contributed by atoms with Crippen LogP contribution in [0.2, 0.25) is 0 Å². The normalized spacial score (nSPS) is 11.2. The summed E-state index contributed by atoms with van der Waals surface area (Å²) in [6.07, 6.45) is 1.00. The van der Waals surface area contributed by atoms with Crippen molar-refractivity contribution in [1.82, 2.24) is 10.2 Å². The predicted molar refractivity (Wildman–Crippen MR) is 111 cm³/mol. The van der Waals surface area contributed by atoms with Crippen molar-refractivity contribution in [3.05, 3.63) is 71.8 Å². The summed E-state index contributed by atoms with van der Waals surface area (Å²) in [6, 6.07) is 19.3. The molecule has 0 heterocycles. The van der Waals surface area contributed by atoms with Gasteiger partial charge in [-0.1, -0.05) is 60.7 Å². The molecule has 0 saturated carbocycles. The van der Waals surface area contributed by atoms with Gasteiger partial charge in [0.25, 0.3) is 0 Å². The number of halogens is 1. The molecule has 6 heteroatoms. The molecule has 1 atom stereocenters. The number of hydrogen-bond acceptors (Lipinski definition) is 3. The van der Waals surface area contributed by atoms with Crippen LogP contribution in [0.15, 0.2) is 60.7 Å². The Morgan fingerprint density at radius 3 is 2.15 bits per heavy atom. The van der Waals surface area contributed by atoms with E-state index in [-0.39, 0.29) is 36.7 Å². The van der Waals surface area contributed by atoms with Crippen LogP contribution in [-0.4, -0.2) is 36.3 Å².